The maximum absolute atomic E-state index is 9.30. The third-order valence-corrected chi connectivity index (χ3v) is 2.36. The van der Waals surface area contributed by atoms with Crippen LogP contribution in [0.25, 0.3) is 0 Å². The third kappa shape index (κ3) is 4.16. The Morgan fingerprint density at radius 2 is 2.19 bits per heavy atom. The molecule has 0 amide bonds. The summed E-state index contributed by atoms with van der Waals surface area (Å²) in [5, 5.41) is 12.5. The average molecular weight is 224 g/mol. The summed E-state index contributed by atoms with van der Waals surface area (Å²) in [4.78, 5) is 4.26. The minimum atomic E-state index is -0.485. The Balaban J connectivity index is 2.51. The van der Waals surface area contributed by atoms with Gasteiger partial charge in [0.05, 0.1) is 18.0 Å². The van der Waals surface area contributed by atoms with Crippen LogP contribution in [0.4, 0.5) is 0 Å². The molecule has 1 rings (SSSR count). The lowest BCUT2D eigenvalue weighted by Gasteiger charge is -2.16. The second-order valence-corrected chi connectivity index (χ2v) is 3.83. The summed E-state index contributed by atoms with van der Waals surface area (Å²) in [6.07, 6.45) is 0.980. The highest BCUT2D eigenvalue weighted by molar-refractivity contribution is 5.20. The molecular formula is C12H20N2O2. The molecule has 90 valence electrons. The summed E-state index contributed by atoms with van der Waals surface area (Å²) in [7, 11) is 0. The molecule has 1 aromatic rings. The molecule has 0 radical (unpaired) electrons. The molecule has 2 unspecified atom stereocenters. The van der Waals surface area contributed by atoms with Crippen LogP contribution in [-0.4, -0.2) is 28.8 Å². The molecule has 0 aliphatic carbocycles. The van der Waals surface area contributed by atoms with Gasteiger partial charge in [-0.1, -0.05) is 6.92 Å². The number of nitrogens with one attached hydrogen (secondary N) is 1. The Bertz CT molecular complexity index is 298. The SMILES string of the molecule is CCNCc1ccc(OC(C)C(C)O)cn1. The molecule has 1 heterocycles. The number of rotatable bonds is 6. The Hall–Kier alpha value is -1.13. The van der Waals surface area contributed by atoms with Crippen LogP contribution in [0, 0.1) is 0 Å². The lowest BCUT2D eigenvalue weighted by molar-refractivity contribution is 0.0602. The van der Waals surface area contributed by atoms with Crippen LogP contribution in [0.2, 0.25) is 0 Å². The van der Waals surface area contributed by atoms with E-state index in [0.717, 1.165) is 18.8 Å². The Morgan fingerprint density at radius 1 is 1.44 bits per heavy atom. The van der Waals surface area contributed by atoms with Crippen LogP contribution >= 0.6 is 0 Å². The number of pyridine rings is 1. The summed E-state index contributed by atoms with van der Waals surface area (Å²) in [6.45, 7) is 7.29. The summed E-state index contributed by atoms with van der Waals surface area (Å²) in [5.41, 5.74) is 0.985. The second kappa shape index (κ2) is 6.45. The monoisotopic (exact) mass is 224 g/mol. The zero-order chi connectivity index (χ0) is 12.0. The van der Waals surface area contributed by atoms with Gasteiger partial charge in [0.2, 0.25) is 0 Å². The highest BCUT2D eigenvalue weighted by atomic mass is 16.5. The molecule has 0 aromatic carbocycles. The van der Waals surface area contributed by atoms with Crippen LogP contribution in [0.5, 0.6) is 5.75 Å². The van der Waals surface area contributed by atoms with Crippen molar-refractivity contribution >= 4 is 0 Å². The number of nitrogens with zero attached hydrogens (tertiary/aromatic N) is 1. The van der Waals surface area contributed by atoms with Gasteiger partial charge in [-0.25, -0.2) is 0 Å². The lowest BCUT2D eigenvalue weighted by Crippen LogP contribution is -2.25. The molecule has 4 nitrogen and oxygen atoms in total. The van der Waals surface area contributed by atoms with Crippen molar-refractivity contribution in [1.29, 1.82) is 0 Å². The van der Waals surface area contributed by atoms with E-state index in [2.05, 4.69) is 17.2 Å². The minimum absolute atomic E-state index is 0.221. The Labute approximate surface area is 96.7 Å². The van der Waals surface area contributed by atoms with Crippen molar-refractivity contribution in [2.24, 2.45) is 0 Å². The van der Waals surface area contributed by atoms with Crippen molar-refractivity contribution < 1.29 is 9.84 Å². The van der Waals surface area contributed by atoms with Crippen molar-refractivity contribution in [3.05, 3.63) is 24.0 Å². The van der Waals surface area contributed by atoms with E-state index in [9.17, 15) is 5.11 Å². The smallest absolute Gasteiger partial charge is 0.138 e. The molecule has 2 N–H and O–H groups in total. The molecule has 4 heteroatoms. The molecule has 0 saturated heterocycles. The normalized spacial score (nSPS) is 14.5. The van der Waals surface area contributed by atoms with E-state index in [0.29, 0.717) is 5.75 Å². The first-order valence-corrected chi connectivity index (χ1v) is 5.63. The van der Waals surface area contributed by atoms with E-state index in [1.807, 2.05) is 19.1 Å². The first-order chi connectivity index (χ1) is 7.63. The molecule has 0 fully saturated rings. The van der Waals surface area contributed by atoms with Gasteiger partial charge in [0.25, 0.3) is 0 Å². The van der Waals surface area contributed by atoms with Gasteiger partial charge in [0, 0.05) is 6.54 Å². The van der Waals surface area contributed by atoms with Gasteiger partial charge >= 0.3 is 0 Å². The fourth-order valence-electron chi connectivity index (χ4n) is 1.15. The Kier molecular flexibility index (Phi) is 5.22. The van der Waals surface area contributed by atoms with Gasteiger partial charge in [-0.3, -0.25) is 4.98 Å². The topological polar surface area (TPSA) is 54.4 Å². The maximum atomic E-state index is 9.30. The number of ether oxygens (including phenoxy) is 1. The van der Waals surface area contributed by atoms with Crippen LogP contribution in [0.1, 0.15) is 26.5 Å². The largest absolute Gasteiger partial charge is 0.486 e. The van der Waals surface area contributed by atoms with Gasteiger partial charge in [-0.2, -0.15) is 0 Å². The molecule has 0 aliphatic heterocycles. The number of aliphatic hydroxyl groups excluding tert-OH is 1. The van der Waals surface area contributed by atoms with Crippen LogP contribution < -0.4 is 10.1 Å². The molecule has 16 heavy (non-hydrogen) atoms. The highest BCUT2D eigenvalue weighted by Crippen LogP contribution is 2.12. The zero-order valence-corrected chi connectivity index (χ0v) is 10.1. The molecule has 0 bridgehead atoms. The molecule has 0 saturated carbocycles. The van der Waals surface area contributed by atoms with Crippen LogP contribution in [0.3, 0.4) is 0 Å². The fraction of sp³-hybridized carbons (Fsp3) is 0.583. The van der Waals surface area contributed by atoms with E-state index >= 15 is 0 Å². The van der Waals surface area contributed by atoms with E-state index in [1.54, 1.807) is 13.1 Å². The van der Waals surface area contributed by atoms with Crippen LogP contribution in [-0.2, 0) is 6.54 Å². The standard InChI is InChI=1S/C12H20N2O2/c1-4-13-7-11-5-6-12(8-14-11)16-10(3)9(2)15/h5-6,8-10,13,15H,4,7H2,1-3H3. The van der Waals surface area contributed by atoms with E-state index in [4.69, 9.17) is 4.74 Å². The van der Waals surface area contributed by atoms with Gasteiger partial charge in [0.15, 0.2) is 0 Å². The van der Waals surface area contributed by atoms with Gasteiger partial charge in [-0.15, -0.1) is 0 Å². The maximum Gasteiger partial charge on any atom is 0.138 e. The van der Waals surface area contributed by atoms with Gasteiger partial charge in [-0.05, 0) is 32.5 Å². The first-order valence-electron chi connectivity index (χ1n) is 5.63. The highest BCUT2D eigenvalue weighted by Gasteiger charge is 2.10. The molecular weight excluding hydrogens is 204 g/mol. The number of aliphatic hydroxyl groups is 1. The molecule has 2 atom stereocenters. The number of aromatic nitrogens is 1. The summed E-state index contributed by atoms with van der Waals surface area (Å²) < 4.78 is 5.50. The van der Waals surface area contributed by atoms with E-state index < -0.39 is 6.10 Å². The molecule has 0 spiro atoms. The van der Waals surface area contributed by atoms with E-state index in [1.165, 1.54) is 0 Å². The van der Waals surface area contributed by atoms with Gasteiger partial charge < -0.3 is 15.2 Å². The van der Waals surface area contributed by atoms with E-state index in [-0.39, 0.29) is 6.10 Å². The second-order valence-electron chi connectivity index (χ2n) is 3.83. The minimum Gasteiger partial charge on any atom is -0.486 e. The fourth-order valence-corrected chi connectivity index (χ4v) is 1.15. The number of hydrogen-bond acceptors (Lipinski definition) is 4. The van der Waals surface area contributed by atoms with Crippen molar-refractivity contribution in [1.82, 2.24) is 10.3 Å². The Morgan fingerprint density at radius 3 is 2.69 bits per heavy atom. The van der Waals surface area contributed by atoms with Crippen molar-refractivity contribution in [3.8, 4) is 5.75 Å². The quantitative estimate of drug-likeness (QED) is 0.765. The van der Waals surface area contributed by atoms with Crippen molar-refractivity contribution in [2.75, 3.05) is 6.54 Å². The number of hydrogen-bond donors (Lipinski definition) is 2. The summed E-state index contributed by atoms with van der Waals surface area (Å²) in [5.74, 6) is 0.689. The average Bonchev–Trinajstić information content (AvgIpc) is 2.28. The third-order valence-electron chi connectivity index (χ3n) is 2.36. The predicted molar refractivity (Wildman–Crippen MR) is 63.4 cm³/mol. The molecule has 1 aromatic heterocycles. The lowest BCUT2D eigenvalue weighted by atomic mass is 10.2. The van der Waals surface area contributed by atoms with Gasteiger partial charge in [0.1, 0.15) is 11.9 Å². The van der Waals surface area contributed by atoms with Crippen molar-refractivity contribution in [3.63, 3.8) is 0 Å². The summed E-state index contributed by atoms with van der Waals surface area (Å²) in [6, 6.07) is 3.80. The van der Waals surface area contributed by atoms with Crippen LogP contribution in [0.15, 0.2) is 18.3 Å². The molecule has 0 aliphatic rings. The van der Waals surface area contributed by atoms with Crippen molar-refractivity contribution in [2.45, 2.75) is 39.5 Å². The summed E-state index contributed by atoms with van der Waals surface area (Å²) >= 11 is 0. The predicted octanol–water partition coefficient (Wildman–Crippen LogP) is 1.34. The first kappa shape index (κ1) is 12.9. The zero-order valence-electron chi connectivity index (χ0n) is 10.1.